The topological polar surface area (TPSA) is 94.3 Å². The standard InChI is InChI=1S/C13H15N3O3S/c1-9-8-10(5-6-11(9)19-2)16-20(17,18)12-4-3-7-15-13(12)14/h3-8,16H,1-2H3,(H2,14,15). The fraction of sp³-hybridized carbons (Fsp3) is 0.154. The lowest BCUT2D eigenvalue weighted by molar-refractivity contribution is 0.412. The minimum absolute atomic E-state index is 0.0368. The number of aryl methyl sites for hydroxylation is 1. The molecule has 1 aromatic heterocycles. The Morgan fingerprint density at radius 1 is 1.30 bits per heavy atom. The number of ether oxygens (including phenoxy) is 1. The molecule has 0 aliphatic heterocycles. The molecular weight excluding hydrogens is 278 g/mol. The lowest BCUT2D eigenvalue weighted by atomic mass is 10.2. The molecule has 0 saturated heterocycles. The molecule has 0 radical (unpaired) electrons. The van der Waals surface area contributed by atoms with E-state index in [0.717, 1.165) is 5.56 Å². The summed E-state index contributed by atoms with van der Waals surface area (Å²) in [6.45, 7) is 1.83. The number of nitrogens with zero attached hydrogens (tertiary/aromatic N) is 1. The molecule has 3 N–H and O–H groups in total. The van der Waals surface area contributed by atoms with Crippen LogP contribution in [0.1, 0.15) is 5.56 Å². The van der Waals surface area contributed by atoms with Crippen molar-refractivity contribution in [2.75, 3.05) is 17.6 Å². The minimum atomic E-state index is -3.76. The summed E-state index contributed by atoms with van der Waals surface area (Å²) in [7, 11) is -2.20. The molecule has 106 valence electrons. The number of benzene rings is 1. The third-order valence-corrected chi connectivity index (χ3v) is 4.16. The van der Waals surface area contributed by atoms with E-state index in [9.17, 15) is 8.42 Å². The van der Waals surface area contributed by atoms with E-state index < -0.39 is 10.0 Å². The van der Waals surface area contributed by atoms with Crippen molar-refractivity contribution in [3.8, 4) is 5.75 Å². The van der Waals surface area contributed by atoms with E-state index in [0.29, 0.717) is 11.4 Å². The molecule has 0 unspecified atom stereocenters. The molecule has 1 aromatic carbocycles. The molecule has 2 aromatic rings. The third-order valence-electron chi connectivity index (χ3n) is 2.74. The van der Waals surface area contributed by atoms with Gasteiger partial charge in [-0.2, -0.15) is 0 Å². The van der Waals surface area contributed by atoms with Crippen molar-refractivity contribution in [3.63, 3.8) is 0 Å². The third kappa shape index (κ3) is 2.83. The molecule has 0 aliphatic carbocycles. The number of rotatable bonds is 4. The average Bonchev–Trinajstić information content (AvgIpc) is 2.38. The predicted molar refractivity (Wildman–Crippen MR) is 77.2 cm³/mol. The predicted octanol–water partition coefficient (Wildman–Crippen LogP) is 1.78. The summed E-state index contributed by atoms with van der Waals surface area (Å²) in [4.78, 5) is 3.72. The zero-order chi connectivity index (χ0) is 14.8. The van der Waals surface area contributed by atoms with Gasteiger partial charge in [0.2, 0.25) is 0 Å². The van der Waals surface area contributed by atoms with E-state index in [1.807, 2.05) is 6.92 Å². The molecular formula is C13H15N3O3S. The van der Waals surface area contributed by atoms with Crippen molar-refractivity contribution >= 4 is 21.5 Å². The van der Waals surface area contributed by atoms with Gasteiger partial charge in [-0.1, -0.05) is 0 Å². The molecule has 1 heterocycles. The summed E-state index contributed by atoms with van der Waals surface area (Å²) in [5.74, 6) is 0.652. The highest BCUT2D eigenvalue weighted by Crippen LogP contribution is 2.24. The maximum atomic E-state index is 12.2. The van der Waals surface area contributed by atoms with Crippen molar-refractivity contribution in [3.05, 3.63) is 42.1 Å². The highest BCUT2D eigenvalue weighted by atomic mass is 32.2. The highest BCUT2D eigenvalue weighted by molar-refractivity contribution is 7.92. The van der Waals surface area contributed by atoms with E-state index in [1.165, 1.54) is 18.3 Å². The molecule has 0 aliphatic rings. The van der Waals surface area contributed by atoms with E-state index in [-0.39, 0.29) is 10.7 Å². The molecule has 2 rings (SSSR count). The maximum Gasteiger partial charge on any atom is 0.265 e. The van der Waals surface area contributed by atoms with Crippen LogP contribution < -0.4 is 15.2 Å². The second kappa shape index (κ2) is 5.38. The molecule has 7 heteroatoms. The number of sulfonamides is 1. The summed E-state index contributed by atoms with van der Waals surface area (Å²) in [6.07, 6.45) is 1.44. The zero-order valence-electron chi connectivity index (χ0n) is 11.1. The molecule has 0 atom stereocenters. The van der Waals surface area contributed by atoms with Crippen LogP contribution in [0.15, 0.2) is 41.4 Å². The molecule has 0 saturated carbocycles. The van der Waals surface area contributed by atoms with Crippen LogP contribution in [-0.4, -0.2) is 20.5 Å². The number of hydrogen-bond acceptors (Lipinski definition) is 5. The van der Waals surface area contributed by atoms with Crippen LogP contribution in [0.2, 0.25) is 0 Å². The van der Waals surface area contributed by atoms with Crippen molar-refractivity contribution in [1.29, 1.82) is 0 Å². The Labute approximate surface area is 117 Å². The zero-order valence-corrected chi connectivity index (χ0v) is 11.9. The van der Waals surface area contributed by atoms with Gasteiger partial charge in [0.05, 0.1) is 7.11 Å². The first-order valence-electron chi connectivity index (χ1n) is 5.82. The number of methoxy groups -OCH3 is 1. The number of nitrogen functional groups attached to an aromatic ring is 1. The van der Waals surface area contributed by atoms with Gasteiger partial charge in [0, 0.05) is 11.9 Å². The minimum Gasteiger partial charge on any atom is -0.496 e. The van der Waals surface area contributed by atoms with Gasteiger partial charge in [-0.05, 0) is 42.8 Å². The number of nitrogens with two attached hydrogens (primary N) is 1. The summed E-state index contributed by atoms with van der Waals surface area (Å²) in [5, 5.41) is 0. The van der Waals surface area contributed by atoms with Gasteiger partial charge in [0.1, 0.15) is 16.5 Å². The molecule has 0 spiro atoms. The molecule has 20 heavy (non-hydrogen) atoms. The van der Waals surface area contributed by atoms with Crippen molar-refractivity contribution in [2.24, 2.45) is 0 Å². The SMILES string of the molecule is COc1ccc(NS(=O)(=O)c2cccnc2N)cc1C. The Morgan fingerprint density at radius 3 is 2.65 bits per heavy atom. The number of aromatic nitrogens is 1. The Hall–Kier alpha value is -2.28. The van der Waals surface area contributed by atoms with Crippen LogP contribution >= 0.6 is 0 Å². The average molecular weight is 293 g/mol. The molecule has 0 bridgehead atoms. The Bertz CT molecular complexity index is 729. The van der Waals surface area contributed by atoms with E-state index in [4.69, 9.17) is 10.5 Å². The summed E-state index contributed by atoms with van der Waals surface area (Å²) in [5.41, 5.74) is 6.85. The highest BCUT2D eigenvalue weighted by Gasteiger charge is 2.18. The van der Waals surface area contributed by atoms with Crippen LogP contribution in [0.3, 0.4) is 0 Å². The van der Waals surface area contributed by atoms with Gasteiger partial charge in [0.25, 0.3) is 10.0 Å². The molecule has 0 fully saturated rings. The van der Waals surface area contributed by atoms with Gasteiger partial charge < -0.3 is 10.5 Å². The van der Waals surface area contributed by atoms with Crippen LogP contribution in [0, 0.1) is 6.92 Å². The second-order valence-corrected chi connectivity index (χ2v) is 5.83. The first-order valence-corrected chi connectivity index (χ1v) is 7.30. The maximum absolute atomic E-state index is 12.2. The normalized spacial score (nSPS) is 11.1. The van der Waals surface area contributed by atoms with Crippen LogP contribution in [-0.2, 0) is 10.0 Å². The number of anilines is 2. The van der Waals surface area contributed by atoms with Crippen molar-refractivity contribution < 1.29 is 13.2 Å². The number of pyridine rings is 1. The Morgan fingerprint density at radius 2 is 2.05 bits per heavy atom. The smallest absolute Gasteiger partial charge is 0.265 e. The molecule has 0 amide bonds. The lowest BCUT2D eigenvalue weighted by Gasteiger charge is -2.11. The summed E-state index contributed by atoms with van der Waals surface area (Å²) >= 11 is 0. The quantitative estimate of drug-likeness (QED) is 0.896. The van der Waals surface area contributed by atoms with Gasteiger partial charge in [-0.25, -0.2) is 13.4 Å². The van der Waals surface area contributed by atoms with Gasteiger partial charge in [-0.15, -0.1) is 0 Å². The Kier molecular flexibility index (Phi) is 3.80. The Balaban J connectivity index is 2.34. The van der Waals surface area contributed by atoms with Gasteiger partial charge in [-0.3, -0.25) is 4.72 Å². The first-order chi connectivity index (χ1) is 9.44. The second-order valence-electron chi connectivity index (χ2n) is 4.18. The van der Waals surface area contributed by atoms with Gasteiger partial charge >= 0.3 is 0 Å². The van der Waals surface area contributed by atoms with Crippen molar-refractivity contribution in [1.82, 2.24) is 4.98 Å². The lowest BCUT2D eigenvalue weighted by Crippen LogP contribution is -2.15. The van der Waals surface area contributed by atoms with E-state index >= 15 is 0 Å². The fourth-order valence-electron chi connectivity index (χ4n) is 1.78. The van der Waals surface area contributed by atoms with Crippen LogP contribution in [0.25, 0.3) is 0 Å². The van der Waals surface area contributed by atoms with E-state index in [1.54, 1.807) is 25.3 Å². The summed E-state index contributed by atoms with van der Waals surface area (Å²) < 4.78 is 32.0. The first kappa shape index (κ1) is 14.1. The van der Waals surface area contributed by atoms with Crippen molar-refractivity contribution in [2.45, 2.75) is 11.8 Å². The summed E-state index contributed by atoms with van der Waals surface area (Å²) in [6, 6.07) is 7.92. The fourth-order valence-corrected chi connectivity index (χ4v) is 2.92. The van der Waals surface area contributed by atoms with Crippen LogP contribution in [0.5, 0.6) is 5.75 Å². The van der Waals surface area contributed by atoms with E-state index in [2.05, 4.69) is 9.71 Å². The van der Waals surface area contributed by atoms with Crippen LogP contribution in [0.4, 0.5) is 11.5 Å². The molecule has 6 nitrogen and oxygen atoms in total. The monoisotopic (exact) mass is 293 g/mol. The largest absolute Gasteiger partial charge is 0.496 e. The van der Waals surface area contributed by atoms with Gasteiger partial charge in [0.15, 0.2) is 0 Å². The number of nitrogens with one attached hydrogen (secondary N) is 1. The number of hydrogen-bond donors (Lipinski definition) is 2.